The molecule has 3 nitrogen and oxygen atoms in total. The molecule has 2 N–H and O–H groups in total. The number of rotatable bonds is 6. The van der Waals surface area contributed by atoms with Gasteiger partial charge in [0.05, 0.1) is 16.6 Å². The molecule has 118 valence electrons. The third-order valence-corrected chi connectivity index (χ3v) is 3.48. The Labute approximate surface area is 143 Å². The van der Waals surface area contributed by atoms with Crippen LogP contribution in [0.5, 0.6) is 0 Å². The van der Waals surface area contributed by atoms with Gasteiger partial charge < -0.3 is 10.6 Å². The molecule has 0 amide bonds. The molecule has 0 radical (unpaired) electrons. The summed E-state index contributed by atoms with van der Waals surface area (Å²) in [6.45, 7) is 7.17. The highest BCUT2D eigenvalue weighted by Gasteiger charge is 2.23. The van der Waals surface area contributed by atoms with Crippen molar-refractivity contribution in [2.45, 2.75) is 38.2 Å². The molecule has 1 heterocycles. The van der Waals surface area contributed by atoms with Crippen LogP contribution in [0.3, 0.4) is 0 Å². The molecule has 0 aliphatic heterocycles. The third kappa shape index (κ3) is 5.43. The smallest absolute Gasteiger partial charge is 0.192 e. The van der Waals surface area contributed by atoms with Gasteiger partial charge in [0.25, 0.3) is 0 Å². The van der Waals surface area contributed by atoms with Gasteiger partial charge >= 0.3 is 0 Å². The van der Waals surface area contributed by atoms with Gasteiger partial charge in [0.2, 0.25) is 0 Å². The highest BCUT2D eigenvalue weighted by molar-refractivity contribution is 7.81. The molecule has 0 aliphatic rings. The Morgan fingerprint density at radius 1 is 1.23 bits per heavy atom. The van der Waals surface area contributed by atoms with Crippen LogP contribution in [-0.4, -0.2) is 10.9 Å². The van der Waals surface area contributed by atoms with Gasteiger partial charge in [-0.05, 0) is 45.0 Å². The zero-order valence-corrected chi connectivity index (χ0v) is 14.8. The summed E-state index contributed by atoms with van der Waals surface area (Å²) in [5.41, 5.74) is 1.97. The fourth-order valence-corrected chi connectivity index (χ4v) is 2.74. The zero-order valence-electron chi connectivity index (χ0n) is 13.2. The molecule has 5 heteroatoms. The second-order valence-corrected chi connectivity index (χ2v) is 7.32. The van der Waals surface area contributed by atoms with Gasteiger partial charge in [0.15, 0.2) is 18.9 Å². The number of thiol groups is 1. The maximum atomic E-state index is 6.04. The van der Waals surface area contributed by atoms with Crippen molar-refractivity contribution in [2.75, 3.05) is 10.6 Å². The molecule has 1 atom stereocenters. The average Bonchev–Trinajstić information content (AvgIpc) is 2.36. The van der Waals surface area contributed by atoms with E-state index in [0.29, 0.717) is 0 Å². The lowest BCUT2D eigenvalue weighted by atomic mass is 10.0. The van der Waals surface area contributed by atoms with Crippen LogP contribution in [0.25, 0.3) is 0 Å². The molecule has 0 aliphatic carbocycles. The zero-order chi connectivity index (χ0) is 16.2. The molecule has 0 spiro atoms. The maximum Gasteiger partial charge on any atom is 0.192 e. The molecule has 0 saturated heterocycles. The van der Waals surface area contributed by atoms with Gasteiger partial charge in [-0.15, -0.1) is 0 Å². The number of halogens is 1. The summed E-state index contributed by atoms with van der Waals surface area (Å²) in [7, 11) is 0. The van der Waals surface area contributed by atoms with Crippen molar-refractivity contribution in [2.24, 2.45) is 0 Å². The quantitative estimate of drug-likeness (QED) is 0.419. The Kier molecular flexibility index (Phi) is 5.59. The second-order valence-electron chi connectivity index (χ2n) is 6.10. The van der Waals surface area contributed by atoms with Crippen LogP contribution in [0.4, 0.5) is 11.4 Å². The van der Waals surface area contributed by atoms with Crippen molar-refractivity contribution in [3.63, 3.8) is 0 Å². The molecule has 1 unspecified atom stereocenters. The van der Waals surface area contributed by atoms with E-state index in [1.807, 2.05) is 43.3 Å². The molecular formula is C17H23ClN3S+. The lowest BCUT2D eigenvalue weighted by Crippen LogP contribution is -2.48. The summed E-state index contributed by atoms with van der Waals surface area (Å²) in [6.07, 6.45) is 4.16. The van der Waals surface area contributed by atoms with Crippen molar-refractivity contribution in [3.8, 4) is 0 Å². The van der Waals surface area contributed by atoms with Crippen molar-refractivity contribution in [3.05, 3.63) is 53.8 Å². The predicted octanol–water partition coefficient (Wildman–Crippen LogP) is 4.21. The minimum absolute atomic E-state index is 0.111. The number of hydrogen-bond donors (Lipinski definition) is 3. The maximum absolute atomic E-state index is 6.04. The van der Waals surface area contributed by atoms with Crippen LogP contribution in [0.1, 0.15) is 20.8 Å². The standard InChI is InChI=1S/C17H22ClN3S/c1-13(22)19-16-8-5-9-21(11-16)12-17(2,3)20-15-7-4-6-14(18)10-15/h4-11,13,19-20H,12H2,1-3H3/p+1. The van der Waals surface area contributed by atoms with Crippen molar-refractivity contribution >= 4 is 35.6 Å². The Morgan fingerprint density at radius 3 is 2.64 bits per heavy atom. The Bertz CT molecular complexity index is 629. The molecule has 0 saturated carbocycles. The summed E-state index contributed by atoms with van der Waals surface area (Å²) < 4.78 is 2.16. The van der Waals surface area contributed by atoms with Gasteiger partial charge in [0, 0.05) is 16.8 Å². The first-order chi connectivity index (χ1) is 10.3. The van der Waals surface area contributed by atoms with Gasteiger partial charge in [-0.3, -0.25) is 0 Å². The summed E-state index contributed by atoms with van der Waals surface area (Å²) >= 11 is 10.4. The van der Waals surface area contributed by atoms with Crippen LogP contribution < -0.4 is 15.2 Å². The fraction of sp³-hybridized carbons (Fsp3) is 0.353. The van der Waals surface area contributed by atoms with Crippen LogP contribution in [-0.2, 0) is 6.54 Å². The summed E-state index contributed by atoms with van der Waals surface area (Å²) in [5.74, 6) is 0. The van der Waals surface area contributed by atoms with Gasteiger partial charge in [-0.2, -0.15) is 12.6 Å². The predicted molar refractivity (Wildman–Crippen MR) is 97.9 cm³/mol. The molecule has 2 aromatic rings. The number of hydrogen-bond acceptors (Lipinski definition) is 3. The third-order valence-electron chi connectivity index (χ3n) is 3.12. The average molecular weight is 337 g/mol. The van der Waals surface area contributed by atoms with Crippen molar-refractivity contribution in [1.82, 2.24) is 0 Å². The van der Waals surface area contributed by atoms with E-state index in [1.54, 1.807) is 0 Å². The number of nitrogens with zero attached hydrogens (tertiary/aromatic N) is 1. The monoisotopic (exact) mass is 336 g/mol. The highest BCUT2D eigenvalue weighted by Crippen LogP contribution is 2.19. The van der Waals surface area contributed by atoms with E-state index in [4.69, 9.17) is 11.6 Å². The Morgan fingerprint density at radius 2 is 1.95 bits per heavy atom. The molecule has 1 aromatic carbocycles. The molecule has 22 heavy (non-hydrogen) atoms. The minimum atomic E-state index is -0.111. The van der Waals surface area contributed by atoms with E-state index < -0.39 is 0 Å². The summed E-state index contributed by atoms with van der Waals surface area (Å²) in [4.78, 5) is 0. The summed E-state index contributed by atoms with van der Waals surface area (Å²) in [6, 6.07) is 11.9. The topological polar surface area (TPSA) is 27.9 Å². The van der Waals surface area contributed by atoms with Crippen LogP contribution >= 0.6 is 24.2 Å². The molecule has 0 fully saturated rings. The number of nitrogens with one attached hydrogen (secondary N) is 2. The molecule has 1 aromatic heterocycles. The Hall–Kier alpha value is -1.39. The van der Waals surface area contributed by atoms with Gasteiger partial charge in [-0.1, -0.05) is 17.7 Å². The second kappa shape index (κ2) is 7.25. The van der Waals surface area contributed by atoms with Crippen LogP contribution in [0.2, 0.25) is 5.02 Å². The summed E-state index contributed by atoms with van der Waals surface area (Å²) in [5, 5.41) is 7.68. The SMILES string of the molecule is CC(S)Nc1ccc[n+](CC(C)(C)Nc2cccc(Cl)c2)c1. The minimum Gasteiger partial charge on any atom is -0.374 e. The van der Waals surface area contributed by atoms with E-state index in [2.05, 4.69) is 54.1 Å². The first-order valence-electron chi connectivity index (χ1n) is 7.31. The van der Waals surface area contributed by atoms with Crippen LogP contribution in [0.15, 0.2) is 48.8 Å². The van der Waals surface area contributed by atoms with Crippen LogP contribution in [0, 0.1) is 0 Å². The normalized spacial score (nSPS) is 12.8. The first kappa shape index (κ1) is 17.0. The Balaban J connectivity index is 2.07. The molecule has 0 bridgehead atoms. The lowest BCUT2D eigenvalue weighted by Gasteiger charge is -2.24. The van der Waals surface area contributed by atoms with E-state index in [1.165, 1.54) is 0 Å². The van der Waals surface area contributed by atoms with Crippen molar-refractivity contribution in [1.29, 1.82) is 0 Å². The van der Waals surface area contributed by atoms with Gasteiger partial charge in [0.1, 0.15) is 0 Å². The fourth-order valence-electron chi connectivity index (χ4n) is 2.40. The molecular weight excluding hydrogens is 314 g/mol. The van der Waals surface area contributed by atoms with E-state index in [-0.39, 0.29) is 10.9 Å². The number of benzene rings is 1. The van der Waals surface area contributed by atoms with E-state index >= 15 is 0 Å². The highest BCUT2D eigenvalue weighted by atomic mass is 35.5. The number of pyridine rings is 1. The number of anilines is 2. The lowest BCUT2D eigenvalue weighted by molar-refractivity contribution is -0.701. The van der Waals surface area contributed by atoms with E-state index in [9.17, 15) is 0 Å². The van der Waals surface area contributed by atoms with Crippen molar-refractivity contribution < 1.29 is 4.57 Å². The number of aromatic nitrogens is 1. The molecule has 2 rings (SSSR count). The first-order valence-corrected chi connectivity index (χ1v) is 8.21. The van der Waals surface area contributed by atoms with Gasteiger partial charge in [-0.25, -0.2) is 4.57 Å². The largest absolute Gasteiger partial charge is 0.374 e. The van der Waals surface area contributed by atoms with E-state index in [0.717, 1.165) is 22.9 Å².